The van der Waals surface area contributed by atoms with Crippen molar-refractivity contribution in [3.05, 3.63) is 0 Å². The number of rotatable bonds is 3. The lowest BCUT2D eigenvalue weighted by atomic mass is 9.52. The average molecular weight is 387 g/mol. The topological polar surface area (TPSA) is 99.4 Å². The van der Waals surface area contributed by atoms with Gasteiger partial charge in [-0.05, 0) is 77.0 Å². The summed E-state index contributed by atoms with van der Waals surface area (Å²) in [5.41, 5.74) is -1.07. The summed E-state index contributed by atoms with van der Waals surface area (Å²) in [6.45, 7) is 9.93. The van der Waals surface area contributed by atoms with Gasteiger partial charge >= 0.3 is 0 Å². The van der Waals surface area contributed by atoms with Crippen LogP contribution in [0.2, 0.25) is 0 Å². The van der Waals surface area contributed by atoms with Crippen LogP contribution < -0.4 is 0 Å². The van der Waals surface area contributed by atoms with Crippen molar-refractivity contribution in [3.63, 3.8) is 0 Å². The Balaban J connectivity index is 1.72. The monoisotopic (exact) mass is 386 g/mol. The Morgan fingerprint density at radius 2 is 1.67 bits per heavy atom. The minimum Gasteiger partial charge on any atom is -0.390 e. The maximum atomic E-state index is 11.0. The van der Waals surface area contributed by atoms with Gasteiger partial charge in [-0.3, -0.25) is 0 Å². The Labute approximate surface area is 162 Å². The van der Waals surface area contributed by atoms with E-state index in [0.29, 0.717) is 0 Å². The molecule has 4 N–H and O–H groups in total. The van der Waals surface area contributed by atoms with Gasteiger partial charge in [0, 0.05) is 0 Å². The van der Waals surface area contributed by atoms with Crippen molar-refractivity contribution in [2.45, 2.75) is 115 Å². The molecule has 1 heterocycles. The van der Waals surface area contributed by atoms with E-state index in [-0.39, 0.29) is 17.3 Å². The highest BCUT2D eigenvalue weighted by atomic mass is 16.7. The summed E-state index contributed by atoms with van der Waals surface area (Å²) >= 11 is 0. The molecule has 3 rings (SSSR count). The van der Waals surface area contributed by atoms with Crippen LogP contribution in [-0.2, 0) is 9.47 Å². The Morgan fingerprint density at radius 1 is 1.00 bits per heavy atom. The van der Waals surface area contributed by atoms with Crippen molar-refractivity contribution < 1.29 is 29.9 Å². The van der Waals surface area contributed by atoms with Crippen LogP contribution in [0.1, 0.15) is 73.1 Å². The third kappa shape index (κ3) is 3.94. The van der Waals surface area contributed by atoms with Crippen molar-refractivity contribution in [2.75, 3.05) is 0 Å². The highest BCUT2D eigenvalue weighted by Gasteiger charge is 2.54. The van der Waals surface area contributed by atoms with E-state index in [0.717, 1.165) is 38.5 Å². The van der Waals surface area contributed by atoms with E-state index in [1.165, 1.54) is 0 Å². The zero-order chi connectivity index (χ0) is 20.2. The number of hydrogen-bond acceptors (Lipinski definition) is 6. The van der Waals surface area contributed by atoms with Crippen molar-refractivity contribution in [2.24, 2.45) is 17.3 Å². The van der Waals surface area contributed by atoms with Crippen molar-refractivity contribution in [1.82, 2.24) is 0 Å². The van der Waals surface area contributed by atoms with Gasteiger partial charge in [0.2, 0.25) is 0 Å². The average Bonchev–Trinajstić information content (AvgIpc) is 2.56. The number of aliphatic hydroxyl groups excluding tert-OH is 3. The fourth-order valence-corrected chi connectivity index (χ4v) is 5.83. The number of aliphatic hydroxyl groups is 4. The fourth-order valence-electron chi connectivity index (χ4n) is 5.83. The third-order valence-corrected chi connectivity index (χ3v) is 7.82. The second-order valence-corrected chi connectivity index (χ2v) is 10.3. The van der Waals surface area contributed by atoms with E-state index in [2.05, 4.69) is 6.92 Å². The summed E-state index contributed by atoms with van der Waals surface area (Å²) in [7, 11) is 0. The van der Waals surface area contributed by atoms with Gasteiger partial charge in [-0.2, -0.15) is 0 Å². The maximum Gasteiger partial charge on any atom is 0.187 e. The first kappa shape index (κ1) is 21.5. The number of ether oxygens (including phenoxy) is 2. The largest absolute Gasteiger partial charge is 0.390 e. The highest BCUT2D eigenvalue weighted by molar-refractivity contribution is 5.03. The van der Waals surface area contributed by atoms with Gasteiger partial charge < -0.3 is 29.9 Å². The Kier molecular flexibility index (Phi) is 5.74. The predicted molar refractivity (Wildman–Crippen MR) is 101 cm³/mol. The Hall–Kier alpha value is -0.240. The lowest BCUT2D eigenvalue weighted by Gasteiger charge is -2.56. The molecule has 1 aliphatic heterocycles. The van der Waals surface area contributed by atoms with Gasteiger partial charge in [0.15, 0.2) is 6.29 Å². The molecule has 0 aromatic carbocycles. The molecule has 3 fully saturated rings. The highest BCUT2D eigenvalue weighted by Crippen LogP contribution is 2.57. The lowest BCUT2D eigenvalue weighted by Crippen LogP contribution is -2.60. The first-order valence-corrected chi connectivity index (χ1v) is 10.5. The first-order valence-electron chi connectivity index (χ1n) is 10.5. The molecule has 0 aromatic rings. The zero-order valence-corrected chi connectivity index (χ0v) is 17.4. The second-order valence-electron chi connectivity index (χ2n) is 10.3. The van der Waals surface area contributed by atoms with Gasteiger partial charge in [-0.1, -0.05) is 13.3 Å². The summed E-state index contributed by atoms with van der Waals surface area (Å²) in [4.78, 5) is 0. The summed E-state index contributed by atoms with van der Waals surface area (Å²) in [5.74, 6) is 0.444. The van der Waals surface area contributed by atoms with Gasteiger partial charge in [0.05, 0.1) is 17.3 Å². The predicted octanol–water partition coefficient (Wildman–Crippen LogP) is 1.97. The second kappa shape index (κ2) is 7.22. The summed E-state index contributed by atoms with van der Waals surface area (Å²) < 4.78 is 11.8. The number of fused-ring (bicyclic) bond motifs is 1. The van der Waals surface area contributed by atoms with Crippen LogP contribution in [0.5, 0.6) is 0 Å². The first-order chi connectivity index (χ1) is 12.4. The van der Waals surface area contributed by atoms with Crippen LogP contribution in [0.25, 0.3) is 0 Å². The van der Waals surface area contributed by atoms with Gasteiger partial charge in [0.1, 0.15) is 18.3 Å². The smallest absolute Gasteiger partial charge is 0.187 e. The Morgan fingerprint density at radius 3 is 2.33 bits per heavy atom. The van der Waals surface area contributed by atoms with E-state index in [1.54, 1.807) is 6.92 Å². The molecular formula is C21H38O6. The van der Waals surface area contributed by atoms with Crippen LogP contribution >= 0.6 is 0 Å². The molecule has 1 saturated heterocycles. The van der Waals surface area contributed by atoms with E-state index in [4.69, 9.17) is 9.47 Å². The van der Waals surface area contributed by atoms with E-state index >= 15 is 0 Å². The lowest BCUT2D eigenvalue weighted by molar-refractivity contribution is -0.325. The van der Waals surface area contributed by atoms with Crippen LogP contribution in [0.4, 0.5) is 0 Å². The molecule has 6 nitrogen and oxygen atoms in total. The zero-order valence-electron chi connectivity index (χ0n) is 17.4. The molecule has 2 saturated carbocycles. The molecule has 0 spiro atoms. The third-order valence-electron chi connectivity index (χ3n) is 7.82. The molecule has 158 valence electrons. The van der Waals surface area contributed by atoms with Crippen molar-refractivity contribution in [1.29, 1.82) is 0 Å². The van der Waals surface area contributed by atoms with E-state index in [1.807, 2.05) is 20.8 Å². The van der Waals surface area contributed by atoms with E-state index < -0.39 is 41.9 Å². The molecular weight excluding hydrogens is 348 g/mol. The van der Waals surface area contributed by atoms with Crippen LogP contribution in [0, 0.1) is 17.3 Å². The molecule has 0 aromatic heterocycles. The van der Waals surface area contributed by atoms with Crippen molar-refractivity contribution in [3.8, 4) is 0 Å². The molecule has 0 bridgehead atoms. The number of hydrogen-bond donors (Lipinski definition) is 4. The molecule has 0 radical (unpaired) electrons. The van der Waals surface area contributed by atoms with Gasteiger partial charge in [0.25, 0.3) is 0 Å². The summed E-state index contributed by atoms with van der Waals surface area (Å²) in [6.07, 6.45) is 0.704. The molecule has 27 heavy (non-hydrogen) atoms. The molecule has 0 unspecified atom stereocenters. The Bertz CT molecular complexity index is 535. The van der Waals surface area contributed by atoms with Gasteiger partial charge in [-0.15, -0.1) is 0 Å². The minimum absolute atomic E-state index is 0.171. The standard InChI is InChI=1S/C21H38O6/c1-12-15(22)16(23)17(24)18(26-12)27-19(2,3)13-7-10-20(4)8-6-9-21(5,25)14(20)11-13/h12-18,22-25H,6-11H2,1-5H3/t12-,13+,14+,15-,16+,17+,18-,20+,21+/m0/s1. The van der Waals surface area contributed by atoms with Crippen LogP contribution in [0.3, 0.4) is 0 Å². The fraction of sp³-hybridized carbons (Fsp3) is 1.00. The van der Waals surface area contributed by atoms with Crippen LogP contribution in [-0.4, -0.2) is 62.3 Å². The molecule has 2 aliphatic carbocycles. The quantitative estimate of drug-likeness (QED) is 0.592. The molecule has 0 amide bonds. The maximum absolute atomic E-state index is 11.0. The molecule has 6 heteroatoms. The normalized spacial score (nSPS) is 51.7. The van der Waals surface area contributed by atoms with E-state index in [9.17, 15) is 20.4 Å². The minimum atomic E-state index is -1.29. The van der Waals surface area contributed by atoms with Crippen LogP contribution in [0.15, 0.2) is 0 Å². The van der Waals surface area contributed by atoms with Crippen molar-refractivity contribution >= 4 is 0 Å². The SMILES string of the molecule is C[C@@H]1O[C@@H](OC(C)(C)[C@@H]2CC[C@@]3(C)CCC[C@@](C)(O)[C@@H]3C2)[C@H](O)[C@H](O)[C@H]1O. The summed E-state index contributed by atoms with van der Waals surface area (Å²) in [5, 5.41) is 41.2. The van der Waals surface area contributed by atoms with Gasteiger partial charge in [-0.25, -0.2) is 0 Å². The summed E-state index contributed by atoms with van der Waals surface area (Å²) in [6, 6.07) is 0. The molecule has 3 aliphatic rings. The molecule has 9 atom stereocenters.